The first kappa shape index (κ1) is 26.7. The van der Waals surface area contributed by atoms with Gasteiger partial charge in [0.2, 0.25) is 0 Å². The van der Waals surface area contributed by atoms with Crippen LogP contribution < -0.4 is 10.6 Å². The van der Waals surface area contributed by atoms with Crippen molar-refractivity contribution in [2.75, 3.05) is 19.6 Å². The number of benzene rings is 2. The number of fused-ring (bicyclic) bond motifs is 2. The Hall–Kier alpha value is -2.93. The summed E-state index contributed by atoms with van der Waals surface area (Å²) in [6.07, 6.45) is 10.4. The van der Waals surface area contributed by atoms with Crippen molar-refractivity contribution < 1.29 is 14.0 Å². The molecule has 2 aromatic carbocycles. The molecule has 2 atom stereocenters. The summed E-state index contributed by atoms with van der Waals surface area (Å²) >= 11 is 0. The Kier molecular flexibility index (Phi) is 8.94. The zero-order valence-electron chi connectivity index (χ0n) is 22.3. The van der Waals surface area contributed by atoms with Crippen LogP contribution in [0.4, 0.5) is 9.18 Å². The summed E-state index contributed by atoms with van der Waals surface area (Å²) in [4.78, 5) is 30.6. The fourth-order valence-electron chi connectivity index (χ4n) is 6.70. The molecule has 0 spiro atoms. The van der Waals surface area contributed by atoms with Crippen molar-refractivity contribution in [3.63, 3.8) is 0 Å². The van der Waals surface area contributed by atoms with E-state index in [-0.39, 0.29) is 23.8 Å². The van der Waals surface area contributed by atoms with Gasteiger partial charge in [0.05, 0.1) is 0 Å². The molecule has 1 aliphatic carbocycles. The van der Waals surface area contributed by atoms with E-state index in [1.165, 1.54) is 44.2 Å². The number of nitrogens with one attached hydrogen (secondary N) is 2. The molecule has 3 fully saturated rings. The molecule has 3 amide bonds. The average molecular weight is 521 g/mol. The third-order valence-electron chi connectivity index (χ3n) is 8.73. The standard InChI is InChI=1S/C31H41FN4O2/c32-26-13-11-23(12-14-26)21-33-31(38)35(22-24-7-3-1-4-8-24)17-18-36-28-15-16-29(36)20-27(19-28)34-30(37)25-9-5-2-6-10-25/h2,5-6,9-14,24,27-29H,1,3-4,7-8,15-22H2,(H,33,38)(H,34,37). The third-order valence-corrected chi connectivity index (χ3v) is 8.73. The number of rotatable bonds is 9. The van der Waals surface area contributed by atoms with Crippen molar-refractivity contribution in [3.8, 4) is 0 Å². The number of halogens is 1. The van der Waals surface area contributed by atoms with E-state index in [0.29, 0.717) is 36.7 Å². The van der Waals surface area contributed by atoms with E-state index in [4.69, 9.17) is 0 Å². The van der Waals surface area contributed by atoms with Gasteiger partial charge in [-0.15, -0.1) is 0 Å². The maximum atomic E-state index is 13.3. The fourth-order valence-corrected chi connectivity index (χ4v) is 6.70. The van der Waals surface area contributed by atoms with Crippen molar-refractivity contribution in [1.29, 1.82) is 0 Å². The molecule has 7 heteroatoms. The van der Waals surface area contributed by atoms with E-state index in [1.54, 1.807) is 12.1 Å². The summed E-state index contributed by atoms with van der Waals surface area (Å²) in [7, 11) is 0. The van der Waals surface area contributed by atoms with Gasteiger partial charge < -0.3 is 15.5 Å². The summed E-state index contributed by atoms with van der Waals surface area (Å²) < 4.78 is 13.3. The molecule has 5 rings (SSSR count). The first-order valence-corrected chi connectivity index (χ1v) is 14.4. The van der Waals surface area contributed by atoms with Gasteiger partial charge in [-0.05, 0) is 74.3 Å². The van der Waals surface area contributed by atoms with E-state index >= 15 is 0 Å². The molecule has 2 aromatic rings. The van der Waals surface area contributed by atoms with Crippen LogP contribution in [0, 0.1) is 11.7 Å². The summed E-state index contributed by atoms with van der Waals surface area (Å²) in [6.45, 7) is 2.78. The normalized spacial score (nSPS) is 23.7. The summed E-state index contributed by atoms with van der Waals surface area (Å²) in [6, 6.07) is 16.8. The lowest BCUT2D eigenvalue weighted by Crippen LogP contribution is -2.53. The van der Waals surface area contributed by atoms with Gasteiger partial charge in [-0.3, -0.25) is 9.69 Å². The zero-order chi connectivity index (χ0) is 26.3. The van der Waals surface area contributed by atoms with Crippen LogP contribution in [0.3, 0.4) is 0 Å². The molecule has 6 nitrogen and oxygen atoms in total. The van der Waals surface area contributed by atoms with Crippen molar-refractivity contribution in [1.82, 2.24) is 20.4 Å². The van der Waals surface area contributed by atoms with Gasteiger partial charge in [0, 0.05) is 49.9 Å². The number of carbonyl (C=O) groups excluding carboxylic acids is 2. The summed E-state index contributed by atoms with van der Waals surface area (Å²) in [5.74, 6) is 0.313. The molecule has 2 heterocycles. The van der Waals surface area contributed by atoms with Gasteiger partial charge in [-0.2, -0.15) is 0 Å². The van der Waals surface area contributed by atoms with Crippen LogP contribution in [-0.4, -0.2) is 59.5 Å². The third kappa shape index (κ3) is 6.93. The predicted octanol–water partition coefficient (Wildman–Crippen LogP) is 5.34. The second-order valence-electron chi connectivity index (χ2n) is 11.4. The number of amides is 3. The second-order valence-corrected chi connectivity index (χ2v) is 11.4. The molecule has 204 valence electrons. The van der Waals surface area contributed by atoms with Crippen LogP contribution in [0.15, 0.2) is 54.6 Å². The first-order chi connectivity index (χ1) is 18.5. The van der Waals surface area contributed by atoms with Crippen LogP contribution in [0.1, 0.15) is 73.7 Å². The number of nitrogens with zero attached hydrogens (tertiary/aromatic N) is 2. The number of hydrogen-bond donors (Lipinski definition) is 2. The molecule has 2 bridgehead atoms. The van der Waals surface area contributed by atoms with Crippen LogP contribution in [0.5, 0.6) is 0 Å². The topological polar surface area (TPSA) is 64.7 Å². The first-order valence-electron chi connectivity index (χ1n) is 14.4. The van der Waals surface area contributed by atoms with Gasteiger partial charge in [0.1, 0.15) is 5.82 Å². The summed E-state index contributed by atoms with van der Waals surface area (Å²) in [5.41, 5.74) is 1.61. The molecule has 38 heavy (non-hydrogen) atoms. The van der Waals surface area contributed by atoms with Crippen LogP contribution in [-0.2, 0) is 6.54 Å². The molecular weight excluding hydrogens is 479 g/mol. The van der Waals surface area contributed by atoms with E-state index in [0.717, 1.165) is 44.3 Å². The maximum Gasteiger partial charge on any atom is 0.317 e. The molecule has 2 N–H and O–H groups in total. The molecular formula is C31H41FN4O2. The zero-order valence-corrected chi connectivity index (χ0v) is 22.3. The fraction of sp³-hybridized carbons (Fsp3) is 0.548. The van der Waals surface area contributed by atoms with E-state index in [1.807, 2.05) is 35.2 Å². The summed E-state index contributed by atoms with van der Waals surface area (Å²) in [5, 5.41) is 6.34. The van der Waals surface area contributed by atoms with Crippen LogP contribution in [0.25, 0.3) is 0 Å². The predicted molar refractivity (Wildman–Crippen MR) is 147 cm³/mol. The Morgan fingerprint density at radius 2 is 1.58 bits per heavy atom. The van der Waals surface area contributed by atoms with Crippen molar-refractivity contribution in [2.24, 2.45) is 5.92 Å². The Balaban J connectivity index is 1.16. The SMILES string of the molecule is O=C(NC1CC2CCC(C1)N2CCN(CC1CCCCC1)C(=O)NCc1ccc(F)cc1)c1ccccc1. The number of piperidine rings is 1. The Morgan fingerprint density at radius 3 is 2.26 bits per heavy atom. The number of hydrogen-bond acceptors (Lipinski definition) is 3. The van der Waals surface area contributed by atoms with Gasteiger partial charge in [-0.25, -0.2) is 9.18 Å². The average Bonchev–Trinajstić information content (AvgIpc) is 3.18. The molecule has 1 saturated carbocycles. The van der Waals surface area contributed by atoms with E-state index < -0.39 is 0 Å². The van der Waals surface area contributed by atoms with Crippen molar-refractivity contribution in [2.45, 2.75) is 82.5 Å². The highest BCUT2D eigenvalue weighted by Gasteiger charge is 2.41. The minimum atomic E-state index is -0.267. The molecule has 2 unspecified atom stereocenters. The largest absolute Gasteiger partial charge is 0.349 e. The van der Waals surface area contributed by atoms with E-state index in [9.17, 15) is 14.0 Å². The van der Waals surface area contributed by atoms with Gasteiger partial charge in [-0.1, -0.05) is 49.6 Å². The van der Waals surface area contributed by atoms with Crippen LogP contribution >= 0.6 is 0 Å². The molecule has 2 saturated heterocycles. The van der Waals surface area contributed by atoms with Crippen molar-refractivity contribution in [3.05, 3.63) is 71.5 Å². The molecule has 2 aliphatic heterocycles. The minimum absolute atomic E-state index is 0.0138. The minimum Gasteiger partial charge on any atom is -0.349 e. The number of carbonyl (C=O) groups is 2. The van der Waals surface area contributed by atoms with E-state index in [2.05, 4.69) is 15.5 Å². The maximum absolute atomic E-state index is 13.3. The quantitative estimate of drug-likeness (QED) is 0.469. The number of urea groups is 1. The highest BCUT2D eigenvalue weighted by atomic mass is 19.1. The van der Waals surface area contributed by atoms with Gasteiger partial charge in [0.15, 0.2) is 0 Å². The Labute approximate surface area is 226 Å². The smallest absolute Gasteiger partial charge is 0.317 e. The molecule has 0 radical (unpaired) electrons. The van der Waals surface area contributed by atoms with Crippen LogP contribution in [0.2, 0.25) is 0 Å². The Bertz CT molecular complexity index is 1040. The lowest BCUT2D eigenvalue weighted by molar-refractivity contribution is 0.0810. The molecule has 3 aliphatic rings. The van der Waals surface area contributed by atoms with Gasteiger partial charge >= 0.3 is 6.03 Å². The monoisotopic (exact) mass is 520 g/mol. The van der Waals surface area contributed by atoms with Crippen molar-refractivity contribution >= 4 is 11.9 Å². The second kappa shape index (κ2) is 12.7. The van der Waals surface area contributed by atoms with Gasteiger partial charge in [0.25, 0.3) is 5.91 Å². The lowest BCUT2D eigenvalue weighted by Gasteiger charge is -2.40. The Morgan fingerprint density at radius 1 is 0.895 bits per heavy atom. The lowest BCUT2D eigenvalue weighted by atomic mass is 9.89. The highest BCUT2D eigenvalue weighted by Crippen LogP contribution is 2.35. The highest BCUT2D eigenvalue weighted by molar-refractivity contribution is 5.94. The molecule has 0 aromatic heterocycles.